The van der Waals surface area contributed by atoms with Gasteiger partial charge in [-0.1, -0.05) is 17.7 Å². The van der Waals surface area contributed by atoms with Crippen LogP contribution in [0.25, 0.3) is 11.3 Å². The van der Waals surface area contributed by atoms with E-state index in [4.69, 9.17) is 17.3 Å². The van der Waals surface area contributed by atoms with Crippen LogP contribution >= 0.6 is 23.4 Å². The Kier molecular flexibility index (Phi) is 4.10. The van der Waals surface area contributed by atoms with Crippen molar-refractivity contribution in [3.8, 4) is 11.3 Å². The highest BCUT2D eigenvalue weighted by Gasteiger charge is 2.33. The Bertz CT molecular complexity index is 646. The van der Waals surface area contributed by atoms with Crippen molar-refractivity contribution in [1.29, 1.82) is 0 Å². The summed E-state index contributed by atoms with van der Waals surface area (Å²) < 4.78 is 39.0. The van der Waals surface area contributed by atoms with Gasteiger partial charge in [-0.3, -0.25) is 0 Å². The highest BCUT2D eigenvalue weighted by Crippen LogP contribution is 2.39. The third kappa shape index (κ3) is 2.99. The van der Waals surface area contributed by atoms with Crippen LogP contribution < -0.4 is 5.73 Å². The summed E-state index contributed by atoms with van der Waals surface area (Å²) in [6.07, 6.45) is -1.60. The van der Waals surface area contributed by atoms with E-state index in [1.54, 1.807) is 6.26 Å². The maximum atomic E-state index is 13.0. The average molecular weight is 320 g/mol. The van der Waals surface area contributed by atoms with E-state index in [2.05, 4.69) is 9.97 Å². The Balaban J connectivity index is 2.62. The molecule has 2 rings (SSSR count). The molecule has 0 fully saturated rings. The summed E-state index contributed by atoms with van der Waals surface area (Å²) in [6.45, 7) is 0. The second kappa shape index (κ2) is 5.49. The largest absolute Gasteiger partial charge is 0.417 e. The van der Waals surface area contributed by atoms with Gasteiger partial charge in [0.15, 0.2) is 0 Å². The second-order valence-corrected chi connectivity index (χ2v) is 5.09. The van der Waals surface area contributed by atoms with E-state index in [0.717, 1.165) is 17.8 Å². The van der Waals surface area contributed by atoms with Crippen LogP contribution in [-0.4, -0.2) is 16.2 Å². The van der Waals surface area contributed by atoms with E-state index in [-0.39, 0.29) is 27.1 Å². The van der Waals surface area contributed by atoms with Crippen molar-refractivity contribution in [2.75, 3.05) is 12.0 Å². The number of nitrogens with zero attached hydrogens (tertiary/aromatic N) is 2. The lowest BCUT2D eigenvalue weighted by Gasteiger charge is -2.13. The first kappa shape index (κ1) is 14.9. The Morgan fingerprint density at radius 3 is 2.60 bits per heavy atom. The maximum Gasteiger partial charge on any atom is 0.417 e. The summed E-state index contributed by atoms with van der Waals surface area (Å²) in [4.78, 5) is 7.70. The molecular formula is C12H9ClF3N3S. The van der Waals surface area contributed by atoms with E-state index in [0.29, 0.717) is 0 Å². The first-order valence-electron chi connectivity index (χ1n) is 5.36. The van der Waals surface area contributed by atoms with Crippen molar-refractivity contribution in [2.24, 2.45) is 0 Å². The minimum atomic E-state index is -4.45. The standard InChI is InChI=1S/C12H9ClF3N3S/c1-20-9-3-2-6(4-7(9)12(14,15)16)10-8(13)5-18-11(17)19-10/h2-5H,1H3,(H2,17,18,19). The average Bonchev–Trinajstić information content (AvgIpc) is 2.40. The van der Waals surface area contributed by atoms with Gasteiger partial charge in [0.2, 0.25) is 5.95 Å². The van der Waals surface area contributed by atoms with Gasteiger partial charge < -0.3 is 5.73 Å². The topological polar surface area (TPSA) is 51.8 Å². The number of alkyl halides is 3. The SMILES string of the molecule is CSc1ccc(-c2nc(N)ncc2Cl)cc1C(F)(F)F. The van der Waals surface area contributed by atoms with Crippen LogP contribution in [-0.2, 0) is 6.18 Å². The van der Waals surface area contributed by atoms with Crippen molar-refractivity contribution in [3.63, 3.8) is 0 Å². The first-order chi connectivity index (χ1) is 9.32. The lowest BCUT2D eigenvalue weighted by molar-refractivity contribution is -0.139. The van der Waals surface area contributed by atoms with E-state index in [1.165, 1.54) is 18.3 Å². The molecule has 0 radical (unpaired) electrons. The Morgan fingerprint density at radius 2 is 2.00 bits per heavy atom. The van der Waals surface area contributed by atoms with E-state index in [1.807, 2.05) is 0 Å². The third-order valence-electron chi connectivity index (χ3n) is 2.54. The highest BCUT2D eigenvalue weighted by atomic mass is 35.5. The molecule has 20 heavy (non-hydrogen) atoms. The summed E-state index contributed by atoms with van der Waals surface area (Å²) in [5, 5.41) is 0.143. The highest BCUT2D eigenvalue weighted by molar-refractivity contribution is 7.98. The van der Waals surface area contributed by atoms with Gasteiger partial charge in [0, 0.05) is 10.5 Å². The number of hydrogen-bond acceptors (Lipinski definition) is 4. The molecule has 1 aromatic carbocycles. The number of thioether (sulfide) groups is 1. The van der Waals surface area contributed by atoms with Crippen molar-refractivity contribution in [2.45, 2.75) is 11.1 Å². The summed E-state index contributed by atoms with van der Waals surface area (Å²) >= 11 is 6.93. The van der Waals surface area contributed by atoms with Crippen LogP contribution in [0.3, 0.4) is 0 Å². The number of benzene rings is 1. The zero-order valence-electron chi connectivity index (χ0n) is 10.2. The lowest BCUT2D eigenvalue weighted by Crippen LogP contribution is -2.07. The normalized spacial score (nSPS) is 11.7. The number of halogens is 4. The number of rotatable bonds is 2. The van der Waals surface area contributed by atoms with Crippen molar-refractivity contribution < 1.29 is 13.2 Å². The van der Waals surface area contributed by atoms with Gasteiger partial charge in [-0.2, -0.15) is 13.2 Å². The van der Waals surface area contributed by atoms with Crippen LogP contribution in [0.1, 0.15) is 5.56 Å². The quantitative estimate of drug-likeness (QED) is 0.846. The van der Waals surface area contributed by atoms with Crippen molar-refractivity contribution in [3.05, 3.63) is 35.0 Å². The van der Waals surface area contributed by atoms with Crippen molar-refractivity contribution in [1.82, 2.24) is 9.97 Å². The predicted octanol–water partition coefficient (Wildman–Crippen LogP) is 4.12. The predicted molar refractivity (Wildman–Crippen MR) is 73.7 cm³/mol. The fourth-order valence-electron chi connectivity index (χ4n) is 1.66. The second-order valence-electron chi connectivity index (χ2n) is 3.84. The molecule has 0 saturated heterocycles. The van der Waals surface area contributed by atoms with Crippen LogP contribution in [0.2, 0.25) is 5.02 Å². The summed E-state index contributed by atoms with van der Waals surface area (Å²) in [5.41, 5.74) is 5.13. The van der Waals surface area contributed by atoms with Crippen LogP contribution in [0.15, 0.2) is 29.3 Å². The molecule has 2 N–H and O–H groups in total. The molecular weight excluding hydrogens is 311 g/mol. The molecule has 1 aromatic heterocycles. The van der Waals surface area contributed by atoms with Gasteiger partial charge in [-0.05, 0) is 18.4 Å². The van der Waals surface area contributed by atoms with Gasteiger partial charge in [-0.15, -0.1) is 11.8 Å². The molecule has 2 aromatic rings. The molecule has 106 valence electrons. The van der Waals surface area contributed by atoms with E-state index in [9.17, 15) is 13.2 Å². The summed E-state index contributed by atoms with van der Waals surface area (Å²) in [7, 11) is 0. The first-order valence-corrected chi connectivity index (χ1v) is 6.97. The van der Waals surface area contributed by atoms with Crippen LogP contribution in [0, 0.1) is 0 Å². The number of nitrogen functional groups attached to an aromatic ring is 1. The molecule has 1 heterocycles. The minimum Gasteiger partial charge on any atom is -0.368 e. The number of hydrogen-bond donors (Lipinski definition) is 1. The molecule has 3 nitrogen and oxygen atoms in total. The molecule has 0 bridgehead atoms. The third-order valence-corrected chi connectivity index (χ3v) is 3.61. The molecule has 0 saturated carbocycles. The Hall–Kier alpha value is -1.47. The number of anilines is 1. The monoisotopic (exact) mass is 319 g/mol. The van der Waals surface area contributed by atoms with Gasteiger partial charge in [0.05, 0.1) is 22.5 Å². The van der Waals surface area contributed by atoms with Gasteiger partial charge >= 0.3 is 6.18 Å². The summed E-state index contributed by atoms with van der Waals surface area (Å²) in [5.74, 6) is -0.0492. The molecule has 0 spiro atoms. The maximum absolute atomic E-state index is 13.0. The number of nitrogens with two attached hydrogens (primary N) is 1. The minimum absolute atomic E-state index is 0.0492. The fourth-order valence-corrected chi connectivity index (χ4v) is 2.46. The summed E-state index contributed by atoms with van der Waals surface area (Å²) in [6, 6.07) is 3.92. The smallest absolute Gasteiger partial charge is 0.368 e. The zero-order valence-corrected chi connectivity index (χ0v) is 11.8. The van der Waals surface area contributed by atoms with Gasteiger partial charge in [0.1, 0.15) is 0 Å². The Labute approximate surface area is 122 Å². The molecule has 0 amide bonds. The molecule has 0 aliphatic carbocycles. The van der Waals surface area contributed by atoms with Crippen LogP contribution in [0.5, 0.6) is 0 Å². The molecule has 8 heteroatoms. The fraction of sp³-hybridized carbons (Fsp3) is 0.167. The molecule has 0 aliphatic rings. The van der Waals surface area contributed by atoms with Gasteiger partial charge in [0.25, 0.3) is 0 Å². The van der Waals surface area contributed by atoms with E-state index < -0.39 is 11.7 Å². The van der Waals surface area contributed by atoms with E-state index >= 15 is 0 Å². The molecule has 0 atom stereocenters. The Morgan fingerprint density at radius 1 is 1.30 bits per heavy atom. The lowest BCUT2D eigenvalue weighted by atomic mass is 10.1. The molecule has 0 unspecified atom stereocenters. The van der Waals surface area contributed by atoms with Gasteiger partial charge in [-0.25, -0.2) is 9.97 Å². The van der Waals surface area contributed by atoms with Crippen molar-refractivity contribution >= 4 is 29.3 Å². The zero-order chi connectivity index (χ0) is 14.9. The number of aromatic nitrogens is 2. The van der Waals surface area contributed by atoms with Crippen LogP contribution in [0.4, 0.5) is 19.1 Å². The molecule has 0 aliphatic heterocycles.